The fourth-order valence-electron chi connectivity index (χ4n) is 2.39. The number of hydrogen-bond acceptors (Lipinski definition) is 2. The van der Waals surface area contributed by atoms with Gasteiger partial charge in [0, 0.05) is 24.3 Å². The van der Waals surface area contributed by atoms with Crippen LogP contribution in [0, 0.1) is 0 Å². The van der Waals surface area contributed by atoms with Gasteiger partial charge in [-0.15, -0.1) is 0 Å². The molecule has 1 aromatic carbocycles. The van der Waals surface area contributed by atoms with Crippen LogP contribution in [-0.4, -0.2) is 25.4 Å². The maximum Gasteiger partial charge on any atom is 0.337 e. The molecule has 3 aromatic rings. The summed E-state index contributed by atoms with van der Waals surface area (Å²) in [4.78, 5) is 10.9. The summed E-state index contributed by atoms with van der Waals surface area (Å²) in [7, 11) is 0. The lowest BCUT2D eigenvalue weighted by Gasteiger charge is -1.99. The molecule has 0 fully saturated rings. The van der Waals surface area contributed by atoms with Crippen molar-refractivity contribution in [3.63, 3.8) is 0 Å². The van der Waals surface area contributed by atoms with Gasteiger partial charge in [-0.2, -0.15) is 5.10 Å². The average molecular weight is 269 g/mol. The molecular formula is C15H15N3O2. The molecule has 102 valence electrons. The Morgan fingerprint density at radius 2 is 2.10 bits per heavy atom. The first-order chi connectivity index (χ1) is 9.69. The molecule has 2 aromatic heterocycles. The quantitative estimate of drug-likeness (QED) is 0.792. The van der Waals surface area contributed by atoms with Crippen molar-refractivity contribution >= 4 is 16.9 Å². The van der Waals surface area contributed by atoms with E-state index in [2.05, 4.69) is 12.0 Å². The third kappa shape index (κ3) is 2.07. The molecular weight excluding hydrogens is 254 g/mol. The van der Waals surface area contributed by atoms with Crippen molar-refractivity contribution in [1.29, 1.82) is 0 Å². The molecule has 0 unspecified atom stereocenters. The number of rotatable bonds is 4. The number of nitrogens with zero attached hydrogens (tertiary/aromatic N) is 3. The lowest BCUT2D eigenvalue weighted by atomic mass is 10.2. The highest BCUT2D eigenvalue weighted by Gasteiger charge is 2.10. The van der Waals surface area contributed by atoms with Crippen molar-refractivity contribution in [2.75, 3.05) is 0 Å². The summed E-state index contributed by atoms with van der Waals surface area (Å²) in [6.07, 6.45) is 3.39. The minimum absolute atomic E-state index is 0.296. The number of aryl methyl sites for hydroxylation is 1. The standard InChI is InChI=1S/C15H15N3O2/c1-2-18-14-6-4-3-5-12(14)13(16-18)10-17-8-7-11(9-17)15(19)20/h3-9H,2,10H2,1H3,(H,19,20). The predicted molar refractivity (Wildman–Crippen MR) is 75.9 cm³/mol. The number of benzene rings is 1. The second-order valence-corrected chi connectivity index (χ2v) is 4.66. The second-order valence-electron chi connectivity index (χ2n) is 4.66. The fraction of sp³-hybridized carbons (Fsp3) is 0.200. The Morgan fingerprint density at radius 1 is 1.30 bits per heavy atom. The predicted octanol–water partition coefficient (Wildman–Crippen LogP) is 2.60. The van der Waals surface area contributed by atoms with Crippen LogP contribution in [0.1, 0.15) is 23.0 Å². The van der Waals surface area contributed by atoms with Gasteiger partial charge in [0.05, 0.1) is 23.3 Å². The Bertz CT molecular complexity index is 770. The number of carbonyl (C=O) groups is 1. The molecule has 0 aliphatic rings. The molecule has 0 aliphatic heterocycles. The Balaban J connectivity index is 1.99. The van der Waals surface area contributed by atoms with Crippen LogP contribution < -0.4 is 0 Å². The number of carboxylic acid groups (broad SMARTS) is 1. The van der Waals surface area contributed by atoms with Crippen molar-refractivity contribution in [2.45, 2.75) is 20.0 Å². The molecule has 3 rings (SSSR count). The van der Waals surface area contributed by atoms with Crippen LogP contribution in [-0.2, 0) is 13.1 Å². The van der Waals surface area contributed by atoms with E-state index in [1.807, 2.05) is 33.5 Å². The first kappa shape index (κ1) is 12.5. The normalized spacial score (nSPS) is 11.1. The minimum Gasteiger partial charge on any atom is -0.478 e. The fourth-order valence-corrected chi connectivity index (χ4v) is 2.39. The number of fused-ring (bicyclic) bond motifs is 1. The maximum atomic E-state index is 10.9. The monoisotopic (exact) mass is 269 g/mol. The van der Waals surface area contributed by atoms with Crippen molar-refractivity contribution in [1.82, 2.24) is 14.3 Å². The van der Waals surface area contributed by atoms with E-state index in [-0.39, 0.29) is 0 Å². The number of para-hydroxylation sites is 1. The summed E-state index contributed by atoms with van der Waals surface area (Å²) in [5.74, 6) is -0.910. The molecule has 0 spiro atoms. The van der Waals surface area contributed by atoms with Crippen LogP contribution in [0.3, 0.4) is 0 Å². The third-order valence-electron chi connectivity index (χ3n) is 3.36. The van der Waals surface area contributed by atoms with Gasteiger partial charge in [0.15, 0.2) is 0 Å². The first-order valence-electron chi connectivity index (χ1n) is 6.52. The third-order valence-corrected chi connectivity index (χ3v) is 3.36. The Hall–Kier alpha value is -2.56. The highest BCUT2D eigenvalue weighted by molar-refractivity contribution is 5.87. The molecule has 2 heterocycles. The summed E-state index contributed by atoms with van der Waals surface area (Å²) < 4.78 is 3.81. The zero-order valence-corrected chi connectivity index (χ0v) is 11.2. The SMILES string of the molecule is CCn1nc(Cn2ccc(C(=O)O)c2)c2ccccc21. The van der Waals surface area contributed by atoms with Gasteiger partial charge in [-0.25, -0.2) is 4.79 Å². The minimum atomic E-state index is -0.910. The van der Waals surface area contributed by atoms with Crippen molar-refractivity contribution < 1.29 is 9.90 Å². The molecule has 0 amide bonds. The van der Waals surface area contributed by atoms with Gasteiger partial charge in [0.25, 0.3) is 0 Å². The number of hydrogen-bond donors (Lipinski definition) is 1. The topological polar surface area (TPSA) is 60.0 Å². The van der Waals surface area contributed by atoms with Crippen LogP contribution in [0.25, 0.3) is 10.9 Å². The molecule has 0 radical (unpaired) electrons. The van der Waals surface area contributed by atoms with Gasteiger partial charge < -0.3 is 9.67 Å². The number of aromatic nitrogens is 3. The largest absolute Gasteiger partial charge is 0.478 e. The zero-order chi connectivity index (χ0) is 14.1. The number of carboxylic acids is 1. The van der Waals surface area contributed by atoms with Crippen molar-refractivity contribution in [2.24, 2.45) is 0 Å². The van der Waals surface area contributed by atoms with Crippen LogP contribution in [0.5, 0.6) is 0 Å². The molecule has 5 heteroatoms. The van der Waals surface area contributed by atoms with Gasteiger partial charge in [0.1, 0.15) is 0 Å². The van der Waals surface area contributed by atoms with E-state index in [1.54, 1.807) is 18.5 Å². The molecule has 0 saturated heterocycles. The lowest BCUT2D eigenvalue weighted by Crippen LogP contribution is -2.01. The summed E-state index contributed by atoms with van der Waals surface area (Å²) in [6, 6.07) is 9.68. The van der Waals surface area contributed by atoms with Crippen LogP contribution >= 0.6 is 0 Å². The van der Waals surface area contributed by atoms with E-state index >= 15 is 0 Å². The molecule has 0 atom stereocenters. The summed E-state index contributed by atoms with van der Waals surface area (Å²) in [5.41, 5.74) is 2.36. The van der Waals surface area contributed by atoms with Gasteiger partial charge in [-0.3, -0.25) is 4.68 Å². The number of aromatic carboxylic acids is 1. The van der Waals surface area contributed by atoms with Crippen molar-refractivity contribution in [3.05, 3.63) is 54.0 Å². The smallest absolute Gasteiger partial charge is 0.337 e. The molecule has 20 heavy (non-hydrogen) atoms. The second kappa shape index (κ2) is 4.85. The lowest BCUT2D eigenvalue weighted by molar-refractivity contribution is 0.0697. The molecule has 0 bridgehead atoms. The van der Waals surface area contributed by atoms with Gasteiger partial charge >= 0.3 is 5.97 Å². The zero-order valence-electron chi connectivity index (χ0n) is 11.2. The van der Waals surface area contributed by atoms with E-state index in [1.165, 1.54) is 0 Å². The van der Waals surface area contributed by atoms with Crippen LogP contribution in [0.2, 0.25) is 0 Å². The van der Waals surface area contributed by atoms with Gasteiger partial charge in [-0.1, -0.05) is 18.2 Å². The summed E-state index contributed by atoms with van der Waals surface area (Å²) >= 11 is 0. The first-order valence-corrected chi connectivity index (χ1v) is 6.52. The van der Waals surface area contributed by atoms with E-state index in [0.29, 0.717) is 12.1 Å². The summed E-state index contributed by atoms with van der Waals surface area (Å²) in [6.45, 7) is 3.44. The average Bonchev–Trinajstić information content (AvgIpc) is 3.05. The highest BCUT2D eigenvalue weighted by atomic mass is 16.4. The van der Waals surface area contributed by atoms with E-state index in [9.17, 15) is 4.79 Å². The van der Waals surface area contributed by atoms with Crippen LogP contribution in [0.4, 0.5) is 0 Å². The Labute approximate surface area is 116 Å². The maximum absolute atomic E-state index is 10.9. The van der Waals surface area contributed by atoms with Gasteiger partial charge in [0.2, 0.25) is 0 Å². The molecule has 0 saturated carbocycles. The Kier molecular flexibility index (Phi) is 3.02. The molecule has 5 nitrogen and oxygen atoms in total. The van der Waals surface area contributed by atoms with Crippen LogP contribution in [0.15, 0.2) is 42.7 Å². The molecule has 1 N–H and O–H groups in total. The Morgan fingerprint density at radius 3 is 2.80 bits per heavy atom. The van der Waals surface area contributed by atoms with Gasteiger partial charge in [-0.05, 0) is 19.1 Å². The molecule has 0 aliphatic carbocycles. The highest BCUT2D eigenvalue weighted by Crippen LogP contribution is 2.19. The van der Waals surface area contributed by atoms with E-state index in [0.717, 1.165) is 23.1 Å². The van der Waals surface area contributed by atoms with E-state index < -0.39 is 5.97 Å². The van der Waals surface area contributed by atoms with E-state index in [4.69, 9.17) is 5.11 Å². The van der Waals surface area contributed by atoms with Crippen molar-refractivity contribution in [3.8, 4) is 0 Å². The summed E-state index contributed by atoms with van der Waals surface area (Å²) in [5, 5.41) is 14.7.